The second kappa shape index (κ2) is 8.07. The van der Waals surface area contributed by atoms with Crippen molar-refractivity contribution >= 4 is 21.6 Å². The summed E-state index contributed by atoms with van der Waals surface area (Å²) in [5.74, 6) is 0.672. The van der Waals surface area contributed by atoms with E-state index < -0.39 is 6.67 Å². The summed E-state index contributed by atoms with van der Waals surface area (Å²) >= 11 is 1.47. The van der Waals surface area contributed by atoms with Gasteiger partial charge in [0.15, 0.2) is 0 Å². The normalized spacial score (nSPS) is 11.2. The van der Waals surface area contributed by atoms with Crippen LogP contribution in [0.2, 0.25) is 0 Å². The quantitative estimate of drug-likeness (QED) is 0.421. The van der Waals surface area contributed by atoms with Crippen molar-refractivity contribution in [3.8, 4) is 22.3 Å². The minimum absolute atomic E-state index is 0.0549. The van der Waals surface area contributed by atoms with Gasteiger partial charge in [-0.25, -0.2) is 9.37 Å². The molecule has 0 saturated carbocycles. The van der Waals surface area contributed by atoms with Gasteiger partial charge in [-0.1, -0.05) is 61.5 Å². The highest BCUT2D eigenvalue weighted by Crippen LogP contribution is 2.32. The molecule has 2 heterocycles. The van der Waals surface area contributed by atoms with Crippen molar-refractivity contribution in [2.75, 3.05) is 6.67 Å². The van der Waals surface area contributed by atoms with Gasteiger partial charge in [-0.2, -0.15) is 0 Å². The average Bonchev–Trinajstić information content (AvgIpc) is 3.16. The fraction of sp³-hybridized carbons (Fsp3) is 0.217. The molecule has 4 aromatic rings. The third-order valence-corrected chi connectivity index (χ3v) is 5.73. The number of hydrogen-bond acceptors (Lipinski definition) is 3. The highest BCUT2D eigenvalue weighted by Gasteiger charge is 2.16. The van der Waals surface area contributed by atoms with Gasteiger partial charge in [0.2, 0.25) is 0 Å². The Balaban J connectivity index is 1.81. The molecule has 0 spiro atoms. The van der Waals surface area contributed by atoms with E-state index in [-0.39, 0.29) is 12.1 Å². The summed E-state index contributed by atoms with van der Waals surface area (Å²) in [5.41, 5.74) is 3.98. The molecule has 28 heavy (non-hydrogen) atoms. The predicted molar refractivity (Wildman–Crippen MR) is 115 cm³/mol. The summed E-state index contributed by atoms with van der Waals surface area (Å²) in [6, 6.07) is 18.4. The van der Waals surface area contributed by atoms with Crippen LogP contribution in [0.5, 0.6) is 0 Å². The highest BCUT2D eigenvalue weighted by molar-refractivity contribution is 7.17. The second-order valence-electron chi connectivity index (χ2n) is 6.70. The molecule has 0 saturated heterocycles. The fourth-order valence-electron chi connectivity index (χ4n) is 3.48. The first-order chi connectivity index (χ1) is 13.7. The molecule has 0 unspecified atom stereocenters. The molecule has 2 aromatic carbocycles. The topological polar surface area (TPSA) is 34.9 Å². The van der Waals surface area contributed by atoms with E-state index in [0.717, 1.165) is 33.5 Å². The van der Waals surface area contributed by atoms with Gasteiger partial charge in [-0.3, -0.25) is 9.36 Å². The zero-order chi connectivity index (χ0) is 19.5. The Bertz CT molecular complexity index is 1150. The Morgan fingerprint density at radius 2 is 1.68 bits per heavy atom. The molecule has 0 aliphatic heterocycles. The Kier molecular flexibility index (Phi) is 5.35. The van der Waals surface area contributed by atoms with Crippen LogP contribution in [0.15, 0.2) is 64.8 Å². The molecule has 0 atom stereocenters. The van der Waals surface area contributed by atoms with E-state index >= 15 is 0 Å². The van der Waals surface area contributed by atoms with Gasteiger partial charge in [0.25, 0.3) is 5.56 Å². The van der Waals surface area contributed by atoms with Crippen LogP contribution in [-0.2, 0) is 13.0 Å². The standard InChI is InChI=1S/C23H21FN2OS/c1-2-6-20-25-22-21(23(27)26(20)14-13-24)19(15-28-22)18-11-9-17(10-12-18)16-7-4-3-5-8-16/h3-5,7-12,15H,2,6,13-14H2,1H3. The summed E-state index contributed by atoms with van der Waals surface area (Å²) in [6.07, 6.45) is 1.54. The highest BCUT2D eigenvalue weighted by atomic mass is 32.1. The number of rotatable bonds is 6. The number of aryl methyl sites for hydroxylation is 1. The smallest absolute Gasteiger partial charge is 0.262 e. The van der Waals surface area contributed by atoms with Crippen molar-refractivity contribution in [1.82, 2.24) is 9.55 Å². The molecule has 5 heteroatoms. The van der Waals surface area contributed by atoms with E-state index in [2.05, 4.69) is 29.2 Å². The maximum absolute atomic E-state index is 13.1. The fourth-order valence-corrected chi connectivity index (χ4v) is 4.44. The van der Waals surface area contributed by atoms with Crippen molar-refractivity contribution in [2.24, 2.45) is 0 Å². The van der Waals surface area contributed by atoms with Crippen LogP contribution in [-0.4, -0.2) is 16.2 Å². The molecule has 0 fully saturated rings. The number of fused-ring (bicyclic) bond motifs is 1. The number of nitrogens with zero attached hydrogens (tertiary/aromatic N) is 2. The molecule has 142 valence electrons. The zero-order valence-corrected chi connectivity index (χ0v) is 16.5. The summed E-state index contributed by atoms with van der Waals surface area (Å²) in [4.78, 5) is 18.5. The summed E-state index contributed by atoms with van der Waals surface area (Å²) < 4.78 is 14.5. The van der Waals surface area contributed by atoms with Crippen molar-refractivity contribution in [3.63, 3.8) is 0 Å². The number of halogens is 1. The number of alkyl halides is 1. The Hall–Kier alpha value is -2.79. The van der Waals surface area contributed by atoms with E-state index in [1.54, 1.807) is 0 Å². The van der Waals surface area contributed by atoms with Gasteiger partial charge < -0.3 is 0 Å². The van der Waals surface area contributed by atoms with Crippen molar-refractivity contribution < 1.29 is 4.39 Å². The van der Waals surface area contributed by atoms with Crippen LogP contribution in [0.4, 0.5) is 4.39 Å². The number of thiophene rings is 1. The van der Waals surface area contributed by atoms with Gasteiger partial charge in [0.05, 0.1) is 11.9 Å². The van der Waals surface area contributed by atoms with Crippen LogP contribution in [0, 0.1) is 0 Å². The summed E-state index contributed by atoms with van der Waals surface area (Å²) in [5, 5.41) is 2.57. The molecule has 3 nitrogen and oxygen atoms in total. The van der Waals surface area contributed by atoms with Crippen molar-refractivity contribution in [3.05, 3.63) is 76.2 Å². The van der Waals surface area contributed by atoms with Gasteiger partial charge >= 0.3 is 0 Å². The third kappa shape index (κ3) is 3.38. The van der Waals surface area contributed by atoms with Crippen LogP contribution in [0.1, 0.15) is 19.2 Å². The first-order valence-corrected chi connectivity index (χ1v) is 10.3. The van der Waals surface area contributed by atoms with Gasteiger partial charge in [-0.05, 0) is 23.1 Å². The van der Waals surface area contributed by atoms with Gasteiger partial charge in [0, 0.05) is 17.4 Å². The van der Waals surface area contributed by atoms with Crippen LogP contribution < -0.4 is 5.56 Å². The SMILES string of the molecule is CCCc1nc2scc(-c3ccc(-c4ccccc4)cc3)c2c(=O)n1CCF. The molecule has 0 amide bonds. The molecule has 0 aliphatic carbocycles. The first-order valence-electron chi connectivity index (χ1n) is 9.45. The third-order valence-electron chi connectivity index (χ3n) is 4.86. The Morgan fingerprint density at radius 1 is 1.00 bits per heavy atom. The minimum Gasteiger partial charge on any atom is -0.293 e. The lowest BCUT2D eigenvalue weighted by atomic mass is 10.0. The molecule has 0 N–H and O–H groups in total. The number of benzene rings is 2. The molecule has 0 aliphatic rings. The van der Waals surface area contributed by atoms with Crippen LogP contribution in [0.25, 0.3) is 32.5 Å². The van der Waals surface area contributed by atoms with E-state index in [1.807, 2.05) is 42.6 Å². The van der Waals surface area contributed by atoms with E-state index in [4.69, 9.17) is 0 Å². The molecule has 0 bridgehead atoms. The summed E-state index contributed by atoms with van der Waals surface area (Å²) in [7, 11) is 0. The van der Waals surface area contributed by atoms with Crippen molar-refractivity contribution in [1.29, 1.82) is 0 Å². The largest absolute Gasteiger partial charge is 0.293 e. The molecular weight excluding hydrogens is 371 g/mol. The van der Waals surface area contributed by atoms with Crippen molar-refractivity contribution in [2.45, 2.75) is 26.3 Å². The maximum atomic E-state index is 13.1. The zero-order valence-electron chi connectivity index (χ0n) is 15.7. The monoisotopic (exact) mass is 392 g/mol. The van der Waals surface area contributed by atoms with Crippen LogP contribution >= 0.6 is 11.3 Å². The lowest BCUT2D eigenvalue weighted by Crippen LogP contribution is -2.26. The summed E-state index contributed by atoms with van der Waals surface area (Å²) in [6.45, 7) is 1.51. The lowest BCUT2D eigenvalue weighted by molar-refractivity contribution is 0.431. The van der Waals surface area contributed by atoms with E-state index in [0.29, 0.717) is 17.6 Å². The van der Waals surface area contributed by atoms with Gasteiger partial charge in [0.1, 0.15) is 17.3 Å². The average molecular weight is 392 g/mol. The Morgan fingerprint density at radius 3 is 2.36 bits per heavy atom. The number of hydrogen-bond donors (Lipinski definition) is 0. The maximum Gasteiger partial charge on any atom is 0.262 e. The number of aromatic nitrogens is 2. The minimum atomic E-state index is -0.574. The van der Waals surface area contributed by atoms with E-state index in [1.165, 1.54) is 15.9 Å². The molecular formula is C23H21FN2OS. The molecule has 2 aromatic heterocycles. The van der Waals surface area contributed by atoms with Gasteiger partial charge in [-0.15, -0.1) is 11.3 Å². The lowest BCUT2D eigenvalue weighted by Gasteiger charge is -2.11. The predicted octanol–water partition coefficient (Wildman–Crippen LogP) is 5.71. The first kappa shape index (κ1) is 18.6. The second-order valence-corrected chi connectivity index (χ2v) is 7.55. The Labute approximate surface area is 167 Å². The molecule has 4 rings (SSSR count). The van der Waals surface area contributed by atoms with E-state index in [9.17, 15) is 9.18 Å². The van der Waals surface area contributed by atoms with Crippen LogP contribution in [0.3, 0.4) is 0 Å². The molecule has 0 radical (unpaired) electrons.